The second-order valence-electron chi connectivity index (χ2n) is 5.26. The fourth-order valence-electron chi connectivity index (χ4n) is 3.20. The highest BCUT2D eigenvalue weighted by Gasteiger charge is 2.36. The number of aliphatic carboxylic acids is 1. The maximum Gasteiger partial charge on any atom is 0.313 e. The third kappa shape index (κ3) is 2.14. The molecule has 0 saturated carbocycles. The van der Waals surface area contributed by atoms with Crippen LogP contribution in [-0.2, 0) is 4.79 Å². The predicted octanol–water partition coefficient (Wildman–Crippen LogP) is 2.35. The van der Waals surface area contributed by atoms with Gasteiger partial charge < -0.3 is 10.2 Å². The van der Waals surface area contributed by atoms with Gasteiger partial charge in [-0.25, -0.2) is 0 Å². The number of carbonyl (C=O) groups is 1. The third-order valence-corrected chi connectivity index (χ3v) is 3.89. The Morgan fingerprint density at radius 3 is 2.69 bits per heavy atom. The van der Waals surface area contributed by atoms with Crippen molar-refractivity contribution in [1.82, 2.24) is 0 Å². The summed E-state index contributed by atoms with van der Waals surface area (Å²) >= 11 is 0. The van der Waals surface area contributed by atoms with E-state index in [0.717, 1.165) is 31.3 Å². The molecular weight excluding hydrogens is 204 g/mol. The Morgan fingerprint density at radius 1 is 1.31 bits per heavy atom. The molecule has 3 nitrogen and oxygen atoms in total. The van der Waals surface area contributed by atoms with Gasteiger partial charge in [0.1, 0.15) is 5.92 Å². The molecule has 2 aliphatic carbocycles. The van der Waals surface area contributed by atoms with Crippen LogP contribution in [0, 0.1) is 11.8 Å². The van der Waals surface area contributed by atoms with Gasteiger partial charge in [0.25, 0.3) is 0 Å². The molecule has 0 bridgehead atoms. The van der Waals surface area contributed by atoms with Crippen molar-refractivity contribution in [3.8, 4) is 0 Å². The first-order valence-electron chi connectivity index (χ1n) is 6.21. The fourth-order valence-corrected chi connectivity index (χ4v) is 3.20. The second kappa shape index (κ2) is 4.58. The zero-order valence-electron chi connectivity index (χ0n) is 9.78. The summed E-state index contributed by atoms with van der Waals surface area (Å²) in [5, 5.41) is 19.3. The van der Waals surface area contributed by atoms with Crippen molar-refractivity contribution in [3.05, 3.63) is 11.1 Å². The SMILES string of the molecule is CC1CC2=C(CCCC2)C(C(=O)O)C(O)C1. The van der Waals surface area contributed by atoms with Gasteiger partial charge in [0.15, 0.2) is 0 Å². The van der Waals surface area contributed by atoms with Crippen LogP contribution < -0.4 is 0 Å². The zero-order chi connectivity index (χ0) is 11.7. The minimum atomic E-state index is -0.851. The van der Waals surface area contributed by atoms with Crippen LogP contribution in [0.1, 0.15) is 45.4 Å². The van der Waals surface area contributed by atoms with Gasteiger partial charge in [-0.05, 0) is 44.4 Å². The summed E-state index contributed by atoms with van der Waals surface area (Å²) in [7, 11) is 0. The molecule has 0 fully saturated rings. The zero-order valence-corrected chi connectivity index (χ0v) is 9.78. The van der Waals surface area contributed by atoms with E-state index in [1.165, 1.54) is 12.0 Å². The molecule has 0 amide bonds. The van der Waals surface area contributed by atoms with Gasteiger partial charge >= 0.3 is 5.97 Å². The molecule has 0 aromatic heterocycles. The Balaban J connectivity index is 2.35. The Bertz CT molecular complexity index is 319. The standard InChI is InChI=1S/C13H20O3/c1-8-6-9-4-2-3-5-10(9)12(13(15)16)11(14)7-8/h8,11-12,14H,2-7H2,1H3,(H,15,16). The summed E-state index contributed by atoms with van der Waals surface area (Å²) in [6.07, 6.45) is 5.06. The van der Waals surface area contributed by atoms with E-state index in [1.807, 2.05) is 0 Å². The molecular formula is C13H20O3. The molecule has 0 aliphatic heterocycles. The van der Waals surface area contributed by atoms with Crippen molar-refractivity contribution in [1.29, 1.82) is 0 Å². The normalized spacial score (nSPS) is 35.5. The van der Waals surface area contributed by atoms with Crippen molar-refractivity contribution in [2.75, 3.05) is 0 Å². The highest BCUT2D eigenvalue weighted by Crippen LogP contribution is 2.39. The fraction of sp³-hybridized carbons (Fsp3) is 0.769. The van der Waals surface area contributed by atoms with Crippen molar-refractivity contribution < 1.29 is 15.0 Å². The molecule has 2 aliphatic rings. The number of carboxylic acid groups (broad SMARTS) is 1. The quantitative estimate of drug-likeness (QED) is 0.672. The van der Waals surface area contributed by atoms with E-state index in [0.29, 0.717) is 12.3 Å². The summed E-state index contributed by atoms with van der Waals surface area (Å²) in [4.78, 5) is 11.3. The Morgan fingerprint density at radius 2 is 2.00 bits per heavy atom. The molecule has 0 aromatic carbocycles. The van der Waals surface area contributed by atoms with E-state index in [1.54, 1.807) is 0 Å². The Labute approximate surface area is 96.2 Å². The minimum absolute atomic E-state index is 0.405. The molecule has 3 unspecified atom stereocenters. The molecule has 0 heterocycles. The molecule has 3 heteroatoms. The molecule has 0 aromatic rings. The van der Waals surface area contributed by atoms with Crippen LogP contribution in [-0.4, -0.2) is 22.3 Å². The van der Waals surface area contributed by atoms with E-state index < -0.39 is 18.0 Å². The summed E-state index contributed by atoms with van der Waals surface area (Å²) < 4.78 is 0. The van der Waals surface area contributed by atoms with Crippen LogP contribution in [0.3, 0.4) is 0 Å². The molecule has 16 heavy (non-hydrogen) atoms. The number of rotatable bonds is 1. The van der Waals surface area contributed by atoms with Crippen molar-refractivity contribution in [2.45, 2.75) is 51.6 Å². The van der Waals surface area contributed by atoms with E-state index in [-0.39, 0.29) is 0 Å². The monoisotopic (exact) mass is 224 g/mol. The summed E-state index contributed by atoms with van der Waals surface area (Å²) in [5.41, 5.74) is 2.36. The number of allylic oxidation sites excluding steroid dienone is 1. The van der Waals surface area contributed by atoms with E-state index in [4.69, 9.17) is 0 Å². The lowest BCUT2D eigenvalue weighted by Gasteiger charge is -2.25. The average molecular weight is 224 g/mol. The van der Waals surface area contributed by atoms with Crippen molar-refractivity contribution in [2.24, 2.45) is 11.8 Å². The number of hydrogen-bond acceptors (Lipinski definition) is 2. The van der Waals surface area contributed by atoms with E-state index in [2.05, 4.69) is 6.92 Å². The maximum atomic E-state index is 11.3. The maximum absolute atomic E-state index is 11.3. The lowest BCUT2D eigenvalue weighted by molar-refractivity contribution is -0.144. The Kier molecular flexibility index (Phi) is 3.33. The van der Waals surface area contributed by atoms with Gasteiger partial charge in [0.2, 0.25) is 0 Å². The van der Waals surface area contributed by atoms with Gasteiger partial charge in [0.05, 0.1) is 6.10 Å². The molecule has 0 radical (unpaired) electrons. The van der Waals surface area contributed by atoms with Crippen LogP contribution >= 0.6 is 0 Å². The topological polar surface area (TPSA) is 57.5 Å². The van der Waals surface area contributed by atoms with Gasteiger partial charge in [-0.3, -0.25) is 4.79 Å². The molecule has 0 saturated heterocycles. The van der Waals surface area contributed by atoms with E-state index >= 15 is 0 Å². The first-order valence-corrected chi connectivity index (χ1v) is 6.21. The first-order chi connectivity index (χ1) is 7.59. The summed E-state index contributed by atoms with van der Waals surface area (Å²) in [6, 6.07) is 0. The first kappa shape index (κ1) is 11.6. The van der Waals surface area contributed by atoms with Crippen LogP contribution in [0.25, 0.3) is 0 Å². The van der Waals surface area contributed by atoms with Crippen LogP contribution in [0.5, 0.6) is 0 Å². The molecule has 2 rings (SSSR count). The van der Waals surface area contributed by atoms with Gasteiger partial charge in [-0.2, -0.15) is 0 Å². The lowest BCUT2D eigenvalue weighted by atomic mass is 9.82. The lowest BCUT2D eigenvalue weighted by Crippen LogP contribution is -2.30. The predicted molar refractivity (Wildman–Crippen MR) is 61.0 cm³/mol. The number of carboxylic acids is 1. The Hall–Kier alpha value is -0.830. The number of aliphatic hydroxyl groups is 1. The van der Waals surface area contributed by atoms with Crippen LogP contribution in [0.2, 0.25) is 0 Å². The smallest absolute Gasteiger partial charge is 0.313 e. The molecule has 0 spiro atoms. The number of aliphatic hydroxyl groups excluding tert-OH is 1. The molecule has 3 atom stereocenters. The van der Waals surface area contributed by atoms with Crippen LogP contribution in [0.15, 0.2) is 11.1 Å². The average Bonchev–Trinajstić information content (AvgIpc) is 2.31. The van der Waals surface area contributed by atoms with Crippen molar-refractivity contribution >= 4 is 5.97 Å². The highest BCUT2D eigenvalue weighted by molar-refractivity contribution is 5.75. The molecule has 2 N–H and O–H groups in total. The summed E-state index contributed by atoms with van der Waals surface area (Å²) in [5.74, 6) is -1.08. The minimum Gasteiger partial charge on any atom is -0.481 e. The van der Waals surface area contributed by atoms with Gasteiger partial charge in [-0.1, -0.05) is 18.1 Å². The van der Waals surface area contributed by atoms with E-state index in [9.17, 15) is 15.0 Å². The number of hydrogen-bond donors (Lipinski definition) is 2. The largest absolute Gasteiger partial charge is 0.481 e. The molecule has 90 valence electrons. The van der Waals surface area contributed by atoms with Crippen LogP contribution in [0.4, 0.5) is 0 Å². The highest BCUT2D eigenvalue weighted by atomic mass is 16.4. The van der Waals surface area contributed by atoms with Gasteiger partial charge in [-0.15, -0.1) is 0 Å². The van der Waals surface area contributed by atoms with Crippen molar-refractivity contribution in [3.63, 3.8) is 0 Å². The summed E-state index contributed by atoms with van der Waals surface area (Å²) in [6.45, 7) is 2.10. The second-order valence-corrected chi connectivity index (χ2v) is 5.26. The third-order valence-electron chi connectivity index (χ3n) is 3.89. The van der Waals surface area contributed by atoms with Gasteiger partial charge in [0, 0.05) is 0 Å².